The van der Waals surface area contributed by atoms with Crippen LogP contribution < -0.4 is 0 Å². The topological polar surface area (TPSA) is 29.5 Å². The van der Waals surface area contributed by atoms with Gasteiger partial charge >= 0.3 is 16.8 Å². The fourth-order valence-electron chi connectivity index (χ4n) is 2.82. The maximum absolute atomic E-state index is 14.0. The summed E-state index contributed by atoms with van der Waals surface area (Å²) in [6.45, 7) is 3.09. The lowest BCUT2D eigenvalue weighted by molar-refractivity contribution is -0.133. The van der Waals surface area contributed by atoms with Crippen LogP contribution in [0.25, 0.3) is 0 Å². The van der Waals surface area contributed by atoms with Crippen molar-refractivity contribution in [1.29, 1.82) is 0 Å². The molecule has 0 saturated carbocycles. The first kappa shape index (κ1) is 26.2. The minimum atomic E-state index is -5.49. The number of nitrogens with zero attached hydrogens (tertiary/aromatic N) is 1. The van der Waals surface area contributed by atoms with Crippen molar-refractivity contribution in [3.8, 4) is 0 Å². The van der Waals surface area contributed by atoms with Crippen molar-refractivity contribution in [2.24, 2.45) is 5.92 Å². The fourth-order valence-corrected chi connectivity index (χ4v) is 4.29. The molecule has 1 aromatic carbocycles. The molecule has 2 rings (SSSR count). The number of ether oxygens (including phenoxy) is 1. The summed E-state index contributed by atoms with van der Waals surface area (Å²) in [6.07, 6.45) is -6.93. The molecule has 0 spiro atoms. The van der Waals surface area contributed by atoms with E-state index in [9.17, 15) is 34.9 Å². The number of allylic oxidation sites excluding steroid dienone is 2. The summed E-state index contributed by atoms with van der Waals surface area (Å²) < 4.78 is 113. The molecule has 0 radical (unpaired) electrons. The van der Waals surface area contributed by atoms with Crippen LogP contribution in [0.1, 0.15) is 31.7 Å². The largest absolute Gasteiger partial charge is 0.431 e. The molecule has 0 unspecified atom stereocenters. The van der Waals surface area contributed by atoms with E-state index in [0.717, 1.165) is 0 Å². The van der Waals surface area contributed by atoms with Crippen molar-refractivity contribution >= 4 is 34.2 Å². The third kappa shape index (κ3) is 6.06. The van der Waals surface area contributed by atoms with E-state index in [4.69, 9.17) is 16.3 Å². The number of hydrogen-bond donors (Lipinski definition) is 0. The zero-order valence-electron chi connectivity index (χ0n) is 16.1. The first-order valence-corrected chi connectivity index (χ1v) is 10.7. The van der Waals surface area contributed by atoms with Crippen molar-refractivity contribution in [1.82, 2.24) is 4.31 Å². The first-order chi connectivity index (χ1) is 14.1. The van der Waals surface area contributed by atoms with E-state index >= 15 is 0 Å². The molecular formula is C18H18Cl2F7NO2S. The second-order valence-electron chi connectivity index (χ2n) is 7.21. The van der Waals surface area contributed by atoms with Gasteiger partial charge in [-0.05, 0) is 41.3 Å². The van der Waals surface area contributed by atoms with E-state index in [0.29, 0.717) is 16.7 Å². The van der Waals surface area contributed by atoms with Crippen LogP contribution in [0.4, 0.5) is 30.7 Å². The zero-order chi connectivity index (χ0) is 23.8. The average Bonchev–Trinajstić information content (AvgIpc) is 2.64. The number of hydrogen-bond acceptors (Lipinski definition) is 2. The molecule has 0 fully saturated rings. The van der Waals surface area contributed by atoms with Gasteiger partial charge in [-0.25, -0.2) is 4.21 Å². The molecule has 0 saturated heterocycles. The van der Waals surface area contributed by atoms with Crippen LogP contribution in [-0.2, 0) is 15.7 Å². The molecule has 1 aliphatic heterocycles. The maximum atomic E-state index is 14.0. The average molecular weight is 516 g/mol. The Morgan fingerprint density at radius 3 is 2.13 bits per heavy atom. The number of halogens is 9. The van der Waals surface area contributed by atoms with Crippen molar-refractivity contribution in [2.45, 2.75) is 49.2 Å². The van der Waals surface area contributed by atoms with Crippen LogP contribution >= 0.6 is 23.2 Å². The lowest BCUT2D eigenvalue weighted by Crippen LogP contribution is -2.54. The lowest BCUT2D eigenvalue weighted by Gasteiger charge is -2.41. The highest BCUT2D eigenvalue weighted by Gasteiger charge is 2.64. The standard InChI is InChI=1S/C18H18Cl2F7NO2S/c1-10(2)9-30-15-8-12(11-3-5-13(19)6-4-11)7-14(16(21,22)23)28(15)31(29)18(26,27)17(20,24)25/h3-7,10,12,15H,8-9H2,1-2H3/t12-,15-,31-/m0/s1. The summed E-state index contributed by atoms with van der Waals surface area (Å²) in [7, 11) is -4.20. The molecule has 1 aromatic rings. The Balaban J connectivity index is 2.60. The van der Waals surface area contributed by atoms with E-state index in [1.807, 2.05) is 0 Å². The van der Waals surface area contributed by atoms with Gasteiger partial charge in [0, 0.05) is 17.4 Å². The van der Waals surface area contributed by atoms with Crippen LogP contribution in [0, 0.1) is 5.92 Å². The quantitative estimate of drug-likeness (QED) is 0.300. The van der Waals surface area contributed by atoms with Gasteiger partial charge in [0.25, 0.3) is 0 Å². The fraction of sp³-hybridized carbons (Fsp3) is 0.556. The molecule has 1 aliphatic rings. The molecule has 3 atom stereocenters. The van der Waals surface area contributed by atoms with E-state index < -0.39 is 45.6 Å². The summed E-state index contributed by atoms with van der Waals surface area (Å²) in [6, 6.07) is 5.72. The van der Waals surface area contributed by atoms with Crippen molar-refractivity contribution in [3.05, 3.63) is 46.6 Å². The monoisotopic (exact) mass is 515 g/mol. The molecule has 0 amide bonds. The van der Waals surface area contributed by atoms with Crippen molar-refractivity contribution in [3.63, 3.8) is 0 Å². The summed E-state index contributed by atoms with van der Waals surface area (Å²) in [5, 5.41) is -10.5. The predicted molar refractivity (Wildman–Crippen MR) is 103 cm³/mol. The molecular weight excluding hydrogens is 498 g/mol. The lowest BCUT2D eigenvalue weighted by atomic mass is 9.91. The summed E-state index contributed by atoms with van der Waals surface area (Å²) in [4.78, 5) is 0. The third-order valence-electron chi connectivity index (χ3n) is 4.25. The number of alkyl halides is 8. The molecule has 176 valence electrons. The van der Waals surface area contributed by atoms with Gasteiger partial charge in [-0.2, -0.15) is 30.7 Å². The molecule has 31 heavy (non-hydrogen) atoms. The van der Waals surface area contributed by atoms with Gasteiger partial charge in [0.15, 0.2) is 0 Å². The van der Waals surface area contributed by atoms with Crippen LogP contribution in [0.2, 0.25) is 5.02 Å². The Kier molecular flexibility index (Phi) is 7.99. The number of rotatable bonds is 7. The third-order valence-corrected chi connectivity index (χ3v) is 6.34. The molecule has 3 nitrogen and oxygen atoms in total. The Bertz CT molecular complexity index is 826. The number of benzene rings is 1. The minimum absolute atomic E-state index is 0.195. The van der Waals surface area contributed by atoms with E-state index in [1.165, 1.54) is 24.3 Å². The molecule has 1 heterocycles. The summed E-state index contributed by atoms with van der Waals surface area (Å²) in [5.41, 5.74) is -1.43. The Labute approximate surface area is 186 Å². The van der Waals surface area contributed by atoms with Crippen LogP contribution in [-0.4, -0.2) is 38.2 Å². The van der Waals surface area contributed by atoms with Gasteiger partial charge in [-0.1, -0.05) is 37.6 Å². The molecule has 0 N–H and O–H groups in total. The van der Waals surface area contributed by atoms with Crippen LogP contribution in [0.5, 0.6) is 0 Å². The Morgan fingerprint density at radius 1 is 1.13 bits per heavy atom. The van der Waals surface area contributed by atoms with Crippen LogP contribution in [0.15, 0.2) is 36.0 Å². The highest BCUT2D eigenvalue weighted by atomic mass is 35.5. The summed E-state index contributed by atoms with van der Waals surface area (Å²) in [5.74, 6) is -1.23. The van der Waals surface area contributed by atoms with Gasteiger partial charge in [0.2, 0.25) is 11.0 Å². The van der Waals surface area contributed by atoms with Crippen LogP contribution in [0.3, 0.4) is 0 Å². The predicted octanol–water partition coefficient (Wildman–Crippen LogP) is 6.66. The van der Waals surface area contributed by atoms with Crippen molar-refractivity contribution in [2.75, 3.05) is 6.61 Å². The smallest absolute Gasteiger partial charge is 0.357 e. The molecule has 0 aromatic heterocycles. The van der Waals surface area contributed by atoms with Gasteiger partial charge in [0.05, 0.1) is 6.61 Å². The molecule has 13 heteroatoms. The highest BCUT2D eigenvalue weighted by Crippen LogP contribution is 2.47. The Hall–Kier alpha value is -1.04. The van der Waals surface area contributed by atoms with Crippen molar-refractivity contribution < 1.29 is 39.7 Å². The first-order valence-electron chi connectivity index (χ1n) is 8.87. The second-order valence-corrected chi connectivity index (χ2v) is 9.53. The van der Waals surface area contributed by atoms with Gasteiger partial charge in [-0.15, -0.1) is 0 Å². The highest BCUT2D eigenvalue weighted by molar-refractivity contribution is 7.84. The second kappa shape index (κ2) is 9.44. The van der Waals surface area contributed by atoms with Gasteiger partial charge in [-0.3, -0.25) is 4.31 Å². The van der Waals surface area contributed by atoms with E-state index in [-0.39, 0.29) is 23.3 Å². The maximum Gasteiger partial charge on any atom is 0.431 e. The van der Waals surface area contributed by atoms with E-state index in [1.54, 1.807) is 13.8 Å². The normalized spacial score (nSPS) is 21.9. The molecule has 0 aliphatic carbocycles. The van der Waals surface area contributed by atoms with E-state index in [2.05, 4.69) is 11.6 Å². The summed E-state index contributed by atoms with van der Waals surface area (Å²) >= 11 is 10.1. The minimum Gasteiger partial charge on any atom is -0.357 e. The molecule has 0 bridgehead atoms. The van der Waals surface area contributed by atoms with Gasteiger partial charge in [0.1, 0.15) is 11.9 Å². The zero-order valence-corrected chi connectivity index (χ0v) is 18.4. The Morgan fingerprint density at radius 2 is 1.68 bits per heavy atom. The van der Waals surface area contributed by atoms with Gasteiger partial charge < -0.3 is 4.74 Å². The SMILES string of the molecule is CC(C)CO[C@H]1C[C@@H](c2ccc(Cl)cc2)C=C(C(F)(F)F)N1[S@@](=O)C(F)(F)C(F)(F)Cl.